The highest BCUT2D eigenvalue weighted by molar-refractivity contribution is 6.06. The largest absolute Gasteiger partial charge is 0.282 e. The van der Waals surface area contributed by atoms with Gasteiger partial charge in [-0.05, 0) is 12.0 Å². The van der Waals surface area contributed by atoms with Crippen molar-refractivity contribution in [2.45, 2.75) is 83.5 Å². The van der Waals surface area contributed by atoms with Crippen molar-refractivity contribution < 1.29 is 9.59 Å². The zero-order valence-electron chi connectivity index (χ0n) is 15.7. The van der Waals surface area contributed by atoms with Gasteiger partial charge in [-0.25, -0.2) is 0 Å². The molecule has 1 aliphatic rings. The van der Waals surface area contributed by atoms with E-state index in [0.29, 0.717) is 13.0 Å². The number of rotatable bonds is 12. The van der Waals surface area contributed by atoms with Gasteiger partial charge < -0.3 is 0 Å². The molecule has 0 bridgehead atoms. The van der Waals surface area contributed by atoms with E-state index in [1.165, 1.54) is 56.3 Å². The van der Waals surface area contributed by atoms with E-state index in [4.69, 9.17) is 0 Å². The molecule has 0 N–H and O–H groups in total. The maximum atomic E-state index is 12.5. The van der Waals surface area contributed by atoms with Crippen LogP contribution in [0.2, 0.25) is 0 Å². The Bertz CT molecular complexity index is 526. The Labute approximate surface area is 152 Å². The molecule has 0 spiro atoms. The van der Waals surface area contributed by atoms with Gasteiger partial charge in [-0.2, -0.15) is 0 Å². The van der Waals surface area contributed by atoms with E-state index in [1.807, 2.05) is 30.3 Å². The van der Waals surface area contributed by atoms with Crippen molar-refractivity contribution in [3.8, 4) is 0 Å². The first kappa shape index (κ1) is 19.7. The highest BCUT2D eigenvalue weighted by atomic mass is 16.2. The van der Waals surface area contributed by atoms with E-state index >= 15 is 0 Å². The molecule has 1 aromatic carbocycles. The summed E-state index contributed by atoms with van der Waals surface area (Å²) in [7, 11) is 0. The van der Waals surface area contributed by atoms with Gasteiger partial charge in [0.2, 0.25) is 11.8 Å². The number of hydrogen-bond donors (Lipinski definition) is 0. The topological polar surface area (TPSA) is 37.4 Å². The smallest absolute Gasteiger partial charge is 0.237 e. The summed E-state index contributed by atoms with van der Waals surface area (Å²) in [5.74, 6) is -0.279. The molecule has 3 heteroatoms. The SMILES string of the molecule is CCCCCCCCCCCCN1C(=O)CC(c2ccccc2)C1=O. The monoisotopic (exact) mass is 343 g/mol. The Balaban J connectivity index is 1.60. The third kappa shape index (κ3) is 6.30. The Morgan fingerprint density at radius 3 is 2.00 bits per heavy atom. The van der Waals surface area contributed by atoms with Gasteiger partial charge in [0, 0.05) is 13.0 Å². The van der Waals surface area contributed by atoms with E-state index in [2.05, 4.69) is 6.92 Å². The molecule has 0 aliphatic carbocycles. The van der Waals surface area contributed by atoms with Crippen LogP contribution in [-0.4, -0.2) is 23.3 Å². The Morgan fingerprint density at radius 2 is 1.40 bits per heavy atom. The Hall–Kier alpha value is -1.64. The summed E-state index contributed by atoms with van der Waals surface area (Å²) in [4.78, 5) is 26.2. The molecule has 0 aromatic heterocycles. The number of hydrogen-bond acceptors (Lipinski definition) is 2. The van der Waals surface area contributed by atoms with Crippen LogP contribution in [0.25, 0.3) is 0 Å². The summed E-state index contributed by atoms with van der Waals surface area (Å²) in [6.07, 6.45) is 13.0. The predicted molar refractivity (Wildman–Crippen MR) is 102 cm³/mol. The van der Waals surface area contributed by atoms with Gasteiger partial charge in [-0.15, -0.1) is 0 Å². The predicted octanol–water partition coefficient (Wildman–Crippen LogP) is 5.45. The zero-order valence-corrected chi connectivity index (χ0v) is 15.7. The van der Waals surface area contributed by atoms with Crippen LogP contribution in [-0.2, 0) is 9.59 Å². The number of nitrogens with zero attached hydrogens (tertiary/aromatic N) is 1. The molecule has 0 saturated carbocycles. The molecule has 138 valence electrons. The normalized spacial score (nSPS) is 17.5. The lowest BCUT2D eigenvalue weighted by atomic mass is 9.98. The van der Waals surface area contributed by atoms with Crippen molar-refractivity contribution in [2.24, 2.45) is 0 Å². The van der Waals surface area contributed by atoms with E-state index in [-0.39, 0.29) is 17.7 Å². The number of carbonyl (C=O) groups excluding carboxylic acids is 2. The van der Waals surface area contributed by atoms with Crippen molar-refractivity contribution in [3.05, 3.63) is 35.9 Å². The molecule has 1 aromatic rings. The van der Waals surface area contributed by atoms with Crippen LogP contribution >= 0.6 is 0 Å². The quantitative estimate of drug-likeness (QED) is 0.374. The molecule has 1 atom stereocenters. The lowest BCUT2D eigenvalue weighted by Gasteiger charge is -2.15. The second kappa shape index (κ2) is 11.1. The van der Waals surface area contributed by atoms with E-state index in [1.54, 1.807) is 0 Å². The fraction of sp³-hybridized carbons (Fsp3) is 0.636. The summed E-state index contributed by atoms with van der Waals surface area (Å²) in [5.41, 5.74) is 0.964. The molecule has 2 rings (SSSR count). The molecule has 0 radical (unpaired) electrons. The minimum atomic E-state index is -0.267. The number of unbranched alkanes of at least 4 members (excludes halogenated alkanes) is 9. The summed E-state index contributed by atoms with van der Waals surface area (Å²) in [5, 5.41) is 0. The third-order valence-corrected chi connectivity index (χ3v) is 5.18. The van der Waals surface area contributed by atoms with Crippen LogP contribution in [0.5, 0.6) is 0 Å². The van der Waals surface area contributed by atoms with Gasteiger partial charge in [0.25, 0.3) is 0 Å². The van der Waals surface area contributed by atoms with Crippen molar-refractivity contribution >= 4 is 11.8 Å². The van der Waals surface area contributed by atoms with Crippen LogP contribution in [0.4, 0.5) is 0 Å². The zero-order chi connectivity index (χ0) is 17.9. The standard InChI is InChI=1S/C22H33NO2/c1-2-3-4-5-6-7-8-9-10-14-17-23-21(24)18-20(22(23)25)19-15-12-11-13-16-19/h11-13,15-16,20H,2-10,14,17-18H2,1H3. The fourth-order valence-corrected chi connectivity index (χ4v) is 3.62. The molecule has 1 heterocycles. The van der Waals surface area contributed by atoms with E-state index < -0.39 is 0 Å². The van der Waals surface area contributed by atoms with Gasteiger partial charge in [-0.1, -0.05) is 95.0 Å². The maximum absolute atomic E-state index is 12.5. The van der Waals surface area contributed by atoms with Crippen molar-refractivity contribution in [3.63, 3.8) is 0 Å². The Kier molecular flexibility index (Phi) is 8.71. The molecular formula is C22H33NO2. The van der Waals surface area contributed by atoms with Crippen molar-refractivity contribution in [1.82, 2.24) is 4.90 Å². The number of benzene rings is 1. The van der Waals surface area contributed by atoms with Gasteiger partial charge in [0.05, 0.1) is 5.92 Å². The molecule has 3 nitrogen and oxygen atoms in total. The lowest BCUT2D eigenvalue weighted by molar-refractivity contribution is -0.138. The minimum absolute atomic E-state index is 0.00484. The number of imide groups is 1. The molecule has 2 amide bonds. The number of amides is 2. The molecule has 1 unspecified atom stereocenters. The highest BCUT2D eigenvalue weighted by Gasteiger charge is 2.38. The van der Waals surface area contributed by atoms with Crippen LogP contribution in [0, 0.1) is 0 Å². The van der Waals surface area contributed by atoms with Gasteiger partial charge in [-0.3, -0.25) is 14.5 Å². The van der Waals surface area contributed by atoms with Crippen molar-refractivity contribution in [2.75, 3.05) is 6.54 Å². The van der Waals surface area contributed by atoms with E-state index in [9.17, 15) is 9.59 Å². The first-order valence-corrected chi connectivity index (χ1v) is 10.1. The van der Waals surface area contributed by atoms with Gasteiger partial charge in [0.1, 0.15) is 0 Å². The molecule has 1 fully saturated rings. The molecule has 1 saturated heterocycles. The van der Waals surface area contributed by atoms with Crippen LogP contribution in [0.15, 0.2) is 30.3 Å². The van der Waals surface area contributed by atoms with Gasteiger partial charge >= 0.3 is 0 Å². The Morgan fingerprint density at radius 1 is 0.840 bits per heavy atom. The highest BCUT2D eigenvalue weighted by Crippen LogP contribution is 2.29. The average molecular weight is 344 g/mol. The first-order chi connectivity index (χ1) is 12.2. The molecule has 1 aliphatic heterocycles. The van der Waals surface area contributed by atoms with Crippen molar-refractivity contribution in [1.29, 1.82) is 0 Å². The van der Waals surface area contributed by atoms with Crippen LogP contribution < -0.4 is 0 Å². The third-order valence-electron chi connectivity index (χ3n) is 5.18. The van der Waals surface area contributed by atoms with Crippen LogP contribution in [0.1, 0.15) is 89.0 Å². The van der Waals surface area contributed by atoms with Gasteiger partial charge in [0.15, 0.2) is 0 Å². The molecule has 25 heavy (non-hydrogen) atoms. The lowest BCUT2D eigenvalue weighted by Crippen LogP contribution is -2.31. The summed E-state index contributed by atoms with van der Waals surface area (Å²) < 4.78 is 0. The fourth-order valence-electron chi connectivity index (χ4n) is 3.62. The van der Waals surface area contributed by atoms with E-state index in [0.717, 1.165) is 18.4 Å². The summed E-state index contributed by atoms with van der Waals surface area (Å²) >= 11 is 0. The molecular weight excluding hydrogens is 310 g/mol. The average Bonchev–Trinajstić information content (AvgIpc) is 2.92. The number of likely N-dealkylation sites (tertiary alicyclic amines) is 1. The minimum Gasteiger partial charge on any atom is -0.282 e. The van der Waals surface area contributed by atoms with Crippen LogP contribution in [0.3, 0.4) is 0 Å². The second-order valence-electron chi connectivity index (χ2n) is 7.23. The summed E-state index contributed by atoms with van der Waals surface area (Å²) in [6.45, 7) is 2.84. The maximum Gasteiger partial charge on any atom is 0.237 e. The second-order valence-corrected chi connectivity index (χ2v) is 7.23. The summed E-state index contributed by atoms with van der Waals surface area (Å²) in [6, 6.07) is 9.68. The first-order valence-electron chi connectivity index (χ1n) is 10.1. The number of carbonyl (C=O) groups is 2.